The Balaban J connectivity index is 1.75. The van der Waals surface area contributed by atoms with Gasteiger partial charge < -0.3 is 14.8 Å². The van der Waals surface area contributed by atoms with Gasteiger partial charge in [0.15, 0.2) is 24.8 Å². The van der Waals surface area contributed by atoms with Gasteiger partial charge in [0.25, 0.3) is 5.91 Å². The van der Waals surface area contributed by atoms with Crippen molar-refractivity contribution < 1.29 is 23.9 Å². The molecular weight excluding hydrogens is 395 g/mol. The lowest BCUT2D eigenvalue weighted by molar-refractivity contribution is -0.149. The lowest BCUT2D eigenvalue weighted by Gasteiger charge is -2.08. The number of esters is 1. The summed E-state index contributed by atoms with van der Waals surface area (Å²) in [5, 5.41) is 2.89. The Morgan fingerprint density at radius 2 is 1.81 bits per heavy atom. The second-order valence-electron chi connectivity index (χ2n) is 5.28. The monoisotopic (exact) mass is 410 g/mol. The number of ether oxygens (including phenoxy) is 2. The van der Waals surface area contributed by atoms with Gasteiger partial charge in [-0.3, -0.25) is 9.59 Å². The molecule has 1 amide bonds. The van der Waals surface area contributed by atoms with Crippen molar-refractivity contribution in [2.45, 2.75) is 13.3 Å². The molecule has 142 valence electrons. The van der Waals surface area contributed by atoms with E-state index in [-0.39, 0.29) is 23.2 Å². The number of hydrogen-bond donors (Lipinski definition) is 1. The summed E-state index contributed by atoms with van der Waals surface area (Å²) in [5.41, 5.74) is 0.568. The smallest absolute Gasteiger partial charge is 0.344 e. The highest BCUT2D eigenvalue weighted by Crippen LogP contribution is 2.22. The Bertz CT molecular complexity index is 840. The topological polar surface area (TPSA) is 94.6 Å². The van der Waals surface area contributed by atoms with Crippen LogP contribution in [-0.4, -0.2) is 35.9 Å². The molecule has 0 bridgehead atoms. The van der Waals surface area contributed by atoms with Gasteiger partial charge in [-0.1, -0.05) is 30.1 Å². The minimum atomic E-state index is -0.728. The van der Waals surface area contributed by atoms with Crippen LogP contribution >= 0.6 is 23.2 Å². The zero-order valence-corrected chi connectivity index (χ0v) is 15.8. The molecule has 0 radical (unpaired) electrons. The summed E-state index contributed by atoms with van der Waals surface area (Å²) in [5.74, 6) is -0.805. The van der Waals surface area contributed by atoms with Crippen molar-refractivity contribution in [2.75, 3.05) is 18.5 Å². The van der Waals surface area contributed by atoms with Crippen molar-refractivity contribution >= 4 is 46.7 Å². The van der Waals surface area contributed by atoms with Crippen molar-refractivity contribution in [1.82, 2.24) is 4.98 Å². The average Bonchev–Trinajstić information content (AvgIpc) is 2.66. The van der Waals surface area contributed by atoms with E-state index in [9.17, 15) is 14.4 Å². The van der Waals surface area contributed by atoms with E-state index < -0.39 is 18.5 Å². The highest BCUT2D eigenvalue weighted by Gasteiger charge is 2.12. The van der Waals surface area contributed by atoms with Crippen molar-refractivity contribution in [3.8, 4) is 5.75 Å². The van der Waals surface area contributed by atoms with Crippen LogP contribution < -0.4 is 10.1 Å². The first-order valence-electron chi connectivity index (χ1n) is 7.91. The van der Waals surface area contributed by atoms with E-state index in [1.165, 1.54) is 12.3 Å². The number of rotatable bonds is 8. The molecule has 2 rings (SSSR count). The number of carbonyl (C=O) groups excluding carboxylic acids is 3. The van der Waals surface area contributed by atoms with Gasteiger partial charge >= 0.3 is 5.97 Å². The number of carbonyl (C=O) groups is 3. The van der Waals surface area contributed by atoms with Gasteiger partial charge in [-0.25, -0.2) is 9.78 Å². The minimum absolute atomic E-state index is 0.0160. The highest BCUT2D eigenvalue weighted by molar-refractivity contribution is 6.36. The Morgan fingerprint density at radius 3 is 2.44 bits per heavy atom. The van der Waals surface area contributed by atoms with Crippen LogP contribution in [0.5, 0.6) is 5.75 Å². The van der Waals surface area contributed by atoms with Gasteiger partial charge in [-0.05, 0) is 30.3 Å². The van der Waals surface area contributed by atoms with Crippen LogP contribution in [0.3, 0.4) is 0 Å². The molecule has 2 aromatic rings. The molecule has 0 unspecified atom stereocenters. The van der Waals surface area contributed by atoms with Gasteiger partial charge in [0, 0.05) is 18.2 Å². The third-order valence-corrected chi connectivity index (χ3v) is 3.78. The summed E-state index contributed by atoms with van der Waals surface area (Å²) >= 11 is 11.6. The maximum Gasteiger partial charge on any atom is 0.344 e. The van der Waals surface area contributed by atoms with Gasteiger partial charge in [-0.15, -0.1) is 0 Å². The van der Waals surface area contributed by atoms with Gasteiger partial charge in [-0.2, -0.15) is 0 Å². The molecule has 0 saturated carbocycles. The molecule has 27 heavy (non-hydrogen) atoms. The number of anilines is 1. The van der Waals surface area contributed by atoms with E-state index in [4.69, 9.17) is 32.7 Å². The Hall–Kier alpha value is -2.64. The maximum absolute atomic E-state index is 11.8. The van der Waals surface area contributed by atoms with Crippen LogP contribution in [0.15, 0.2) is 36.5 Å². The predicted octanol–water partition coefficient (Wildman–Crippen LogP) is 3.54. The lowest BCUT2D eigenvalue weighted by Crippen LogP contribution is -2.24. The molecule has 0 spiro atoms. The molecule has 9 heteroatoms. The normalized spacial score (nSPS) is 10.2. The zero-order valence-electron chi connectivity index (χ0n) is 14.3. The first-order valence-corrected chi connectivity index (χ1v) is 8.67. The number of nitrogens with one attached hydrogen (secondary N) is 1. The highest BCUT2D eigenvalue weighted by atomic mass is 35.5. The van der Waals surface area contributed by atoms with E-state index in [0.717, 1.165) is 0 Å². The van der Waals surface area contributed by atoms with E-state index in [1.807, 2.05) is 0 Å². The molecule has 0 saturated heterocycles. The van der Waals surface area contributed by atoms with Crippen LogP contribution in [0.25, 0.3) is 0 Å². The van der Waals surface area contributed by atoms with Crippen LogP contribution in [-0.2, 0) is 14.3 Å². The molecule has 1 N–H and O–H groups in total. The standard InChI is InChI=1S/C18H16Cl2N2O5/c1-2-15(23)11-3-5-13(6-4-11)26-10-17(25)27-9-16(24)22-18-14(20)7-12(19)8-21-18/h3-8H,2,9-10H2,1H3,(H,21,22,24). The van der Waals surface area contributed by atoms with E-state index in [2.05, 4.69) is 10.3 Å². The number of ketones is 1. The summed E-state index contributed by atoms with van der Waals surface area (Å²) in [6.07, 6.45) is 1.73. The number of hydrogen-bond acceptors (Lipinski definition) is 6. The van der Waals surface area contributed by atoms with Gasteiger partial charge in [0.2, 0.25) is 0 Å². The molecule has 0 aliphatic heterocycles. The van der Waals surface area contributed by atoms with E-state index >= 15 is 0 Å². The molecular formula is C18H16Cl2N2O5. The van der Waals surface area contributed by atoms with E-state index in [0.29, 0.717) is 22.8 Å². The largest absolute Gasteiger partial charge is 0.482 e. The number of pyridine rings is 1. The van der Waals surface area contributed by atoms with Crippen molar-refractivity contribution in [3.63, 3.8) is 0 Å². The van der Waals surface area contributed by atoms with Crippen molar-refractivity contribution in [1.29, 1.82) is 0 Å². The molecule has 0 aliphatic rings. The van der Waals surface area contributed by atoms with Crippen LogP contribution in [0, 0.1) is 0 Å². The summed E-state index contributed by atoms with van der Waals surface area (Å²) in [7, 11) is 0. The summed E-state index contributed by atoms with van der Waals surface area (Å²) in [6.45, 7) is 0.872. The predicted molar refractivity (Wildman–Crippen MR) is 100 cm³/mol. The Labute approximate surface area is 165 Å². The number of aromatic nitrogens is 1. The maximum atomic E-state index is 11.8. The van der Waals surface area contributed by atoms with Crippen molar-refractivity contribution in [3.05, 3.63) is 52.1 Å². The molecule has 0 fully saturated rings. The fraction of sp³-hybridized carbons (Fsp3) is 0.222. The Kier molecular flexibility index (Phi) is 7.57. The average molecular weight is 411 g/mol. The molecule has 1 aromatic heterocycles. The number of benzene rings is 1. The fourth-order valence-corrected chi connectivity index (χ4v) is 2.37. The molecule has 1 heterocycles. The number of nitrogens with zero attached hydrogens (tertiary/aromatic N) is 1. The van der Waals surface area contributed by atoms with Crippen LogP contribution in [0.1, 0.15) is 23.7 Å². The third kappa shape index (κ3) is 6.54. The van der Waals surface area contributed by atoms with Crippen LogP contribution in [0.2, 0.25) is 10.0 Å². The number of amides is 1. The van der Waals surface area contributed by atoms with Crippen molar-refractivity contribution in [2.24, 2.45) is 0 Å². The quantitative estimate of drug-likeness (QED) is 0.528. The fourth-order valence-electron chi connectivity index (χ4n) is 1.95. The zero-order chi connectivity index (χ0) is 19.8. The molecule has 1 aromatic carbocycles. The Morgan fingerprint density at radius 1 is 1.11 bits per heavy atom. The number of halogens is 2. The minimum Gasteiger partial charge on any atom is -0.482 e. The number of Topliss-reactive ketones (excluding diaryl/α,β-unsaturated/α-hetero) is 1. The molecule has 0 aliphatic carbocycles. The summed E-state index contributed by atoms with van der Waals surface area (Å²) in [4.78, 5) is 38.8. The first-order chi connectivity index (χ1) is 12.9. The first kappa shape index (κ1) is 20.7. The summed E-state index contributed by atoms with van der Waals surface area (Å²) in [6, 6.07) is 7.81. The SMILES string of the molecule is CCC(=O)c1ccc(OCC(=O)OCC(=O)Nc2ncc(Cl)cc2Cl)cc1. The van der Waals surface area contributed by atoms with Gasteiger partial charge in [0.05, 0.1) is 10.0 Å². The molecule has 7 nitrogen and oxygen atoms in total. The molecule has 0 atom stereocenters. The van der Waals surface area contributed by atoms with Crippen LogP contribution in [0.4, 0.5) is 5.82 Å². The second kappa shape index (κ2) is 9.89. The lowest BCUT2D eigenvalue weighted by atomic mass is 10.1. The second-order valence-corrected chi connectivity index (χ2v) is 6.13. The van der Waals surface area contributed by atoms with E-state index in [1.54, 1.807) is 31.2 Å². The van der Waals surface area contributed by atoms with Gasteiger partial charge in [0.1, 0.15) is 5.75 Å². The third-order valence-electron chi connectivity index (χ3n) is 3.28. The summed E-state index contributed by atoms with van der Waals surface area (Å²) < 4.78 is 10.1.